The Morgan fingerprint density at radius 1 is 1.33 bits per heavy atom. The molecular weight excluding hydrogens is 246 g/mol. The third-order valence-corrected chi connectivity index (χ3v) is 5.07. The SMILES string of the molecule is CCC(C)SCc1noc(C(CC)(CC)CN)n1. The molecule has 0 radical (unpaired) electrons. The molecule has 1 aromatic heterocycles. The van der Waals surface area contributed by atoms with Crippen molar-refractivity contribution in [1.82, 2.24) is 10.1 Å². The van der Waals surface area contributed by atoms with Crippen LogP contribution in [0.2, 0.25) is 0 Å². The van der Waals surface area contributed by atoms with E-state index in [0.717, 1.165) is 30.8 Å². The Morgan fingerprint density at radius 2 is 2.00 bits per heavy atom. The van der Waals surface area contributed by atoms with Crippen LogP contribution in [0.15, 0.2) is 4.52 Å². The number of hydrogen-bond acceptors (Lipinski definition) is 5. The fraction of sp³-hybridized carbons (Fsp3) is 0.846. The summed E-state index contributed by atoms with van der Waals surface area (Å²) >= 11 is 1.86. The number of nitrogens with zero attached hydrogens (tertiary/aromatic N) is 2. The van der Waals surface area contributed by atoms with Crippen molar-refractivity contribution in [3.8, 4) is 0 Å². The Morgan fingerprint density at radius 3 is 2.50 bits per heavy atom. The fourth-order valence-corrected chi connectivity index (χ4v) is 2.58. The van der Waals surface area contributed by atoms with Gasteiger partial charge < -0.3 is 10.3 Å². The van der Waals surface area contributed by atoms with Crippen LogP contribution in [0.5, 0.6) is 0 Å². The van der Waals surface area contributed by atoms with Gasteiger partial charge in [0.25, 0.3) is 0 Å². The van der Waals surface area contributed by atoms with Gasteiger partial charge >= 0.3 is 0 Å². The second-order valence-corrected chi connectivity index (χ2v) is 6.16. The number of aromatic nitrogens is 2. The molecule has 0 bridgehead atoms. The lowest BCUT2D eigenvalue weighted by molar-refractivity contribution is 0.266. The van der Waals surface area contributed by atoms with E-state index in [1.807, 2.05) is 11.8 Å². The molecule has 1 aromatic rings. The smallest absolute Gasteiger partial charge is 0.234 e. The van der Waals surface area contributed by atoms with E-state index in [9.17, 15) is 0 Å². The monoisotopic (exact) mass is 271 g/mol. The van der Waals surface area contributed by atoms with E-state index >= 15 is 0 Å². The minimum absolute atomic E-state index is 0.147. The van der Waals surface area contributed by atoms with E-state index in [0.29, 0.717) is 17.7 Å². The van der Waals surface area contributed by atoms with Gasteiger partial charge in [0.15, 0.2) is 5.82 Å². The summed E-state index contributed by atoms with van der Waals surface area (Å²) in [6, 6.07) is 0. The molecule has 0 aromatic carbocycles. The molecule has 0 fully saturated rings. The maximum Gasteiger partial charge on any atom is 0.234 e. The first-order valence-corrected chi connectivity index (χ1v) is 7.81. The van der Waals surface area contributed by atoms with Crippen molar-refractivity contribution in [2.75, 3.05) is 6.54 Å². The Bertz CT molecular complexity index is 341. The molecule has 104 valence electrons. The van der Waals surface area contributed by atoms with Crippen molar-refractivity contribution in [3.63, 3.8) is 0 Å². The number of nitrogens with two attached hydrogens (primary N) is 1. The summed E-state index contributed by atoms with van der Waals surface area (Å²) in [6.45, 7) is 9.20. The highest BCUT2D eigenvalue weighted by Gasteiger charge is 2.33. The number of hydrogen-bond donors (Lipinski definition) is 1. The van der Waals surface area contributed by atoms with Gasteiger partial charge in [-0.3, -0.25) is 0 Å². The van der Waals surface area contributed by atoms with Crippen molar-refractivity contribution >= 4 is 11.8 Å². The Hall–Kier alpha value is -0.550. The maximum absolute atomic E-state index is 5.88. The minimum atomic E-state index is -0.147. The van der Waals surface area contributed by atoms with Crippen molar-refractivity contribution < 1.29 is 4.52 Å². The number of rotatable bonds is 8. The zero-order chi connectivity index (χ0) is 13.6. The van der Waals surface area contributed by atoms with Crippen molar-refractivity contribution in [1.29, 1.82) is 0 Å². The number of thioether (sulfide) groups is 1. The zero-order valence-corrected chi connectivity index (χ0v) is 12.7. The van der Waals surface area contributed by atoms with Gasteiger partial charge in [0.05, 0.1) is 11.2 Å². The van der Waals surface area contributed by atoms with Gasteiger partial charge in [0.2, 0.25) is 5.89 Å². The molecule has 0 spiro atoms. The Balaban J connectivity index is 2.72. The Kier molecular flexibility index (Phi) is 6.15. The van der Waals surface area contributed by atoms with E-state index in [1.54, 1.807) is 0 Å². The van der Waals surface area contributed by atoms with Gasteiger partial charge in [0.1, 0.15) is 0 Å². The average molecular weight is 271 g/mol. The fourth-order valence-electron chi connectivity index (χ4n) is 1.79. The highest BCUT2D eigenvalue weighted by molar-refractivity contribution is 7.99. The largest absolute Gasteiger partial charge is 0.339 e. The lowest BCUT2D eigenvalue weighted by atomic mass is 9.82. The van der Waals surface area contributed by atoms with Crippen LogP contribution in [0.4, 0.5) is 0 Å². The summed E-state index contributed by atoms with van der Waals surface area (Å²) in [6.07, 6.45) is 3.02. The summed E-state index contributed by atoms with van der Waals surface area (Å²) in [4.78, 5) is 4.52. The van der Waals surface area contributed by atoms with Gasteiger partial charge in [-0.2, -0.15) is 16.7 Å². The van der Waals surface area contributed by atoms with E-state index in [4.69, 9.17) is 10.3 Å². The van der Waals surface area contributed by atoms with Gasteiger partial charge in [-0.05, 0) is 19.3 Å². The summed E-state index contributed by atoms with van der Waals surface area (Å²) in [5.74, 6) is 2.30. The lowest BCUT2D eigenvalue weighted by Gasteiger charge is -2.24. The quantitative estimate of drug-likeness (QED) is 0.787. The molecule has 1 rings (SSSR count). The topological polar surface area (TPSA) is 64.9 Å². The van der Waals surface area contributed by atoms with Crippen LogP contribution in [0, 0.1) is 0 Å². The van der Waals surface area contributed by atoms with E-state index in [-0.39, 0.29) is 5.41 Å². The highest BCUT2D eigenvalue weighted by atomic mass is 32.2. The molecule has 0 aliphatic carbocycles. The normalized spacial score (nSPS) is 13.8. The molecule has 1 atom stereocenters. The second kappa shape index (κ2) is 7.14. The van der Waals surface area contributed by atoms with Crippen molar-refractivity contribution in [3.05, 3.63) is 11.7 Å². The van der Waals surface area contributed by atoms with Gasteiger partial charge in [-0.1, -0.05) is 32.9 Å². The molecule has 4 nitrogen and oxygen atoms in total. The van der Waals surface area contributed by atoms with Crippen LogP contribution in [-0.2, 0) is 11.2 Å². The molecule has 1 heterocycles. The van der Waals surface area contributed by atoms with Crippen molar-refractivity contribution in [2.24, 2.45) is 5.73 Å². The molecule has 2 N–H and O–H groups in total. The third-order valence-electron chi connectivity index (χ3n) is 3.74. The standard InChI is InChI=1S/C13H25N3OS/c1-5-10(4)18-8-11-15-12(17-16-11)13(6-2,7-3)9-14/h10H,5-9,14H2,1-4H3. The first kappa shape index (κ1) is 15.5. The van der Waals surface area contributed by atoms with Gasteiger partial charge in [-0.15, -0.1) is 0 Å². The third kappa shape index (κ3) is 3.48. The lowest BCUT2D eigenvalue weighted by Crippen LogP contribution is -2.34. The minimum Gasteiger partial charge on any atom is -0.339 e. The zero-order valence-electron chi connectivity index (χ0n) is 11.9. The van der Waals surface area contributed by atoms with Crippen molar-refractivity contribution in [2.45, 2.75) is 63.4 Å². The molecule has 5 heteroatoms. The predicted octanol–water partition coefficient (Wildman–Crippen LogP) is 3.12. The summed E-state index contributed by atoms with van der Waals surface area (Å²) in [5.41, 5.74) is 5.73. The predicted molar refractivity (Wildman–Crippen MR) is 76.7 cm³/mol. The van der Waals surface area contributed by atoms with Crippen LogP contribution in [0.25, 0.3) is 0 Å². The van der Waals surface area contributed by atoms with Crippen LogP contribution in [0.3, 0.4) is 0 Å². The highest BCUT2D eigenvalue weighted by Crippen LogP contribution is 2.29. The average Bonchev–Trinajstić information content (AvgIpc) is 2.88. The molecule has 0 aliphatic heterocycles. The first-order valence-electron chi connectivity index (χ1n) is 6.76. The van der Waals surface area contributed by atoms with Crippen LogP contribution >= 0.6 is 11.8 Å². The molecular formula is C13H25N3OS. The summed E-state index contributed by atoms with van der Waals surface area (Å²) in [5, 5.41) is 4.70. The van der Waals surface area contributed by atoms with Crippen LogP contribution < -0.4 is 5.73 Å². The van der Waals surface area contributed by atoms with E-state index < -0.39 is 0 Å². The van der Waals surface area contributed by atoms with E-state index in [2.05, 4.69) is 37.8 Å². The first-order chi connectivity index (χ1) is 8.61. The molecule has 0 amide bonds. The Labute approximate surface area is 114 Å². The molecule has 0 saturated carbocycles. The van der Waals surface area contributed by atoms with Gasteiger partial charge in [0, 0.05) is 11.8 Å². The van der Waals surface area contributed by atoms with Crippen LogP contribution in [-0.4, -0.2) is 21.9 Å². The van der Waals surface area contributed by atoms with Gasteiger partial charge in [-0.25, -0.2) is 0 Å². The molecule has 18 heavy (non-hydrogen) atoms. The van der Waals surface area contributed by atoms with E-state index in [1.165, 1.54) is 0 Å². The molecule has 0 saturated heterocycles. The molecule has 1 unspecified atom stereocenters. The maximum atomic E-state index is 5.88. The molecule has 0 aliphatic rings. The summed E-state index contributed by atoms with van der Waals surface area (Å²) < 4.78 is 5.41. The second-order valence-electron chi connectivity index (χ2n) is 4.74. The summed E-state index contributed by atoms with van der Waals surface area (Å²) in [7, 11) is 0. The van der Waals surface area contributed by atoms with Crippen LogP contribution in [0.1, 0.15) is 58.7 Å².